The molecule has 0 aliphatic rings. The fourth-order valence-electron chi connectivity index (χ4n) is 2.44. The van der Waals surface area contributed by atoms with Crippen LogP contribution >= 0.6 is 11.6 Å². The molecule has 2 rings (SSSR count). The van der Waals surface area contributed by atoms with Gasteiger partial charge in [0.15, 0.2) is 12.1 Å². The average Bonchev–Trinajstić information content (AvgIpc) is 2.55. The summed E-state index contributed by atoms with van der Waals surface area (Å²) in [6.45, 7) is 1.34. The van der Waals surface area contributed by atoms with E-state index >= 15 is 0 Å². The highest BCUT2D eigenvalue weighted by molar-refractivity contribution is 6.30. The standard InChI is InChI=1S/C18H18ClNO3/c1-12(21)23-18(14-8-10-15(19)11-9-14)16(20-2)17(22)13-6-4-3-5-7-13/h3-11,16,18,20H,1-2H3/p+1/t16-,18-/m0/s1. The molecule has 2 atom stereocenters. The van der Waals surface area contributed by atoms with E-state index in [1.54, 1.807) is 48.8 Å². The van der Waals surface area contributed by atoms with E-state index in [2.05, 4.69) is 0 Å². The molecule has 0 unspecified atom stereocenters. The van der Waals surface area contributed by atoms with Crippen LogP contribution in [0, 0.1) is 0 Å². The van der Waals surface area contributed by atoms with Gasteiger partial charge in [0.2, 0.25) is 5.78 Å². The Labute approximate surface area is 140 Å². The Morgan fingerprint density at radius 1 is 1.04 bits per heavy atom. The van der Waals surface area contributed by atoms with E-state index in [0.29, 0.717) is 10.6 Å². The van der Waals surface area contributed by atoms with Gasteiger partial charge in [-0.3, -0.25) is 9.59 Å². The number of ketones is 1. The summed E-state index contributed by atoms with van der Waals surface area (Å²) in [5, 5.41) is 2.35. The third-order valence-corrected chi connectivity index (χ3v) is 3.79. The summed E-state index contributed by atoms with van der Waals surface area (Å²) >= 11 is 5.91. The number of ether oxygens (including phenoxy) is 1. The van der Waals surface area contributed by atoms with Gasteiger partial charge in [-0.25, -0.2) is 0 Å². The van der Waals surface area contributed by atoms with Crippen LogP contribution in [0.1, 0.15) is 28.9 Å². The fourth-order valence-corrected chi connectivity index (χ4v) is 2.56. The number of benzene rings is 2. The number of likely N-dealkylation sites (N-methyl/N-ethyl adjacent to an activating group) is 1. The lowest BCUT2D eigenvalue weighted by atomic mass is 9.95. The van der Waals surface area contributed by atoms with Gasteiger partial charge in [-0.05, 0) is 17.7 Å². The second-order valence-electron chi connectivity index (χ2n) is 5.17. The lowest BCUT2D eigenvalue weighted by Gasteiger charge is -2.23. The van der Waals surface area contributed by atoms with Crippen molar-refractivity contribution in [1.82, 2.24) is 0 Å². The summed E-state index contributed by atoms with van der Waals surface area (Å²) in [6.07, 6.45) is -0.678. The first-order valence-corrected chi connectivity index (χ1v) is 7.72. The smallest absolute Gasteiger partial charge is 0.303 e. The van der Waals surface area contributed by atoms with Crippen molar-refractivity contribution in [3.8, 4) is 0 Å². The number of nitrogens with two attached hydrogens (primary N) is 1. The molecule has 0 saturated heterocycles. The van der Waals surface area contributed by atoms with Gasteiger partial charge in [-0.1, -0.05) is 54.1 Å². The Morgan fingerprint density at radius 2 is 1.65 bits per heavy atom. The molecule has 2 aromatic carbocycles. The molecule has 5 heteroatoms. The van der Waals surface area contributed by atoms with Crippen molar-refractivity contribution in [1.29, 1.82) is 0 Å². The van der Waals surface area contributed by atoms with E-state index in [-0.39, 0.29) is 5.78 Å². The van der Waals surface area contributed by atoms with Gasteiger partial charge in [-0.15, -0.1) is 0 Å². The molecule has 2 aromatic rings. The molecular weight excluding hydrogens is 314 g/mol. The number of carbonyl (C=O) groups is 2. The second-order valence-corrected chi connectivity index (χ2v) is 5.61. The molecule has 0 fully saturated rings. The Morgan fingerprint density at radius 3 is 2.17 bits per heavy atom. The van der Waals surface area contributed by atoms with Crippen LogP contribution in [0.5, 0.6) is 0 Å². The van der Waals surface area contributed by atoms with Gasteiger partial charge < -0.3 is 10.1 Å². The Kier molecular flexibility index (Phi) is 5.90. The van der Waals surface area contributed by atoms with E-state index in [1.807, 2.05) is 18.2 Å². The SMILES string of the molecule is C[NH2+][C@@H](C(=O)c1ccccc1)[C@@H](OC(C)=O)c1ccc(Cl)cc1. The monoisotopic (exact) mass is 332 g/mol. The summed E-state index contributed by atoms with van der Waals surface area (Å²) in [4.78, 5) is 24.3. The molecule has 0 spiro atoms. The topological polar surface area (TPSA) is 60.0 Å². The number of esters is 1. The summed E-state index contributed by atoms with van der Waals surface area (Å²) in [6, 6.07) is 15.4. The molecule has 0 heterocycles. The number of hydrogen-bond acceptors (Lipinski definition) is 3. The second kappa shape index (κ2) is 7.90. The van der Waals surface area contributed by atoms with Crippen LogP contribution < -0.4 is 5.32 Å². The summed E-state index contributed by atoms with van der Waals surface area (Å²) in [5.74, 6) is -0.521. The zero-order valence-electron chi connectivity index (χ0n) is 13.0. The number of Topliss-reactive ketones (excluding diaryl/α,β-unsaturated/α-hetero) is 1. The molecule has 0 aromatic heterocycles. The summed E-state index contributed by atoms with van der Waals surface area (Å²) in [7, 11) is 1.79. The zero-order valence-corrected chi connectivity index (χ0v) is 13.8. The first-order chi connectivity index (χ1) is 11.0. The highest BCUT2D eigenvalue weighted by atomic mass is 35.5. The summed E-state index contributed by atoms with van der Waals surface area (Å²) in [5.41, 5.74) is 1.32. The Hall–Kier alpha value is -2.17. The minimum Gasteiger partial charge on any atom is -0.451 e. The van der Waals surface area contributed by atoms with Crippen molar-refractivity contribution >= 4 is 23.4 Å². The molecule has 0 radical (unpaired) electrons. The van der Waals surface area contributed by atoms with Crippen LogP contribution in [0.4, 0.5) is 0 Å². The molecule has 0 bridgehead atoms. The van der Waals surface area contributed by atoms with Crippen LogP contribution in [-0.4, -0.2) is 24.8 Å². The molecule has 120 valence electrons. The maximum atomic E-state index is 12.8. The Balaban J connectivity index is 2.37. The summed E-state index contributed by atoms with van der Waals surface area (Å²) < 4.78 is 5.44. The number of halogens is 1. The molecule has 23 heavy (non-hydrogen) atoms. The van der Waals surface area contributed by atoms with Crippen molar-refractivity contribution in [2.75, 3.05) is 7.05 Å². The van der Waals surface area contributed by atoms with Crippen LogP contribution in [0.25, 0.3) is 0 Å². The third-order valence-electron chi connectivity index (χ3n) is 3.54. The van der Waals surface area contributed by atoms with Crippen LogP contribution in [0.2, 0.25) is 5.02 Å². The zero-order chi connectivity index (χ0) is 16.8. The van der Waals surface area contributed by atoms with E-state index < -0.39 is 18.1 Å². The number of hydrogen-bond donors (Lipinski definition) is 1. The highest BCUT2D eigenvalue weighted by Gasteiger charge is 2.35. The first kappa shape index (κ1) is 17.2. The molecule has 0 amide bonds. The van der Waals surface area contributed by atoms with Crippen LogP contribution in [0.15, 0.2) is 54.6 Å². The molecular formula is C18H19ClNO3+. The van der Waals surface area contributed by atoms with Crippen molar-refractivity contribution in [2.24, 2.45) is 0 Å². The van der Waals surface area contributed by atoms with Crippen LogP contribution in [-0.2, 0) is 9.53 Å². The van der Waals surface area contributed by atoms with Gasteiger partial charge in [0, 0.05) is 17.5 Å². The third kappa shape index (κ3) is 4.41. The highest BCUT2D eigenvalue weighted by Crippen LogP contribution is 2.24. The predicted molar refractivity (Wildman–Crippen MR) is 88.4 cm³/mol. The molecule has 2 N–H and O–H groups in total. The fraction of sp³-hybridized carbons (Fsp3) is 0.222. The largest absolute Gasteiger partial charge is 0.451 e. The molecule has 0 aliphatic heterocycles. The van der Waals surface area contributed by atoms with Crippen molar-refractivity contribution in [2.45, 2.75) is 19.1 Å². The lowest BCUT2D eigenvalue weighted by Crippen LogP contribution is -2.89. The number of carbonyl (C=O) groups excluding carboxylic acids is 2. The number of rotatable bonds is 6. The van der Waals surface area contributed by atoms with E-state index in [4.69, 9.17) is 16.3 Å². The van der Waals surface area contributed by atoms with Gasteiger partial charge in [-0.2, -0.15) is 0 Å². The number of quaternary nitrogens is 1. The van der Waals surface area contributed by atoms with E-state index in [1.165, 1.54) is 6.92 Å². The lowest BCUT2D eigenvalue weighted by molar-refractivity contribution is -0.657. The van der Waals surface area contributed by atoms with Gasteiger partial charge in [0.1, 0.15) is 0 Å². The average molecular weight is 333 g/mol. The van der Waals surface area contributed by atoms with Crippen molar-refractivity contribution < 1.29 is 19.6 Å². The molecule has 4 nitrogen and oxygen atoms in total. The predicted octanol–water partition coefficient (Wildman–Crippen LogP) is 2.39. The van der Waals surface area contributed by atoms with Crippen LogP contribution in [0.3, 0.4) is 0 Å². The van der Waals surface area contributed by atoms with Gasteiger partial charge in [0.05, 0.1) is 7.05 Å². The van der Waals surface area contributed by atoms with Gasteiger partial charge >= 0.3 is 5.97 Å². The van der Waals surface area contributed by atoms with Crippen molar-refractivity contribution in [3.05, 3.63) is 70.7 Å². The van der Waals surface area contributed by atoms with Gasteiger partial charge in [0.25, 0.3) is 0 Å². The normalized spacial score (nSPS) is 13.2. The van der Waals surface area contributed by atoms with E-state index in [0.717, 1.165) is 5.56 Å². The molecule has 0 saturated carbocycles. The molecule has 0 aliphatic carbocycles. The van der Waals surface area contributed by atoms with Crippen molar-refractivity contribution in [3.63, 3.8) is 0 Å². The quantitative estimate of drug-likeness (QED) is 0.652. The minimum absolute atomic E-state index is 0.0886. The maximum absolute atomic E-state index is 12.8. The minimum atomic E-state index is -0.678. The maximum Gasteiger partial charge on any atom is 0.303 e. The first-order valence-electron chi connectivity index (χ1n) is 7.34. The van der Waals surface area contributed by atoms with E-state index in [9.17, 15) is 9.59 Å². The Bertz CT molecular complexity index is 670.